The molecule has 2 heterocycles. The molecule has 2 aromatic rings. The molecule has 0 radical (unpaired) electrons. The van der Waals surface area contributed by atoms with Gasteiger partial charge in [-0.2, -0.15) is 5.10 Å². The molecule has 90 valence electrons. The minimum absolute atomic E-state index is 0.332. The van der Waals surface area contributed by atoms with Gasteiger partial charge in [-0.1, -0.05) is 6.92 Å². The van der Waals surface area contributed by atoms with Crippen LogP contribution in [0.15, 0.2) is 24.8 Å². The van der Waals surface area contributed by atoms with Crippen LogP contribution in [0.5, 0.6) is 11.8 Å². The third-order valence-corrected chi connectivity index (χ3v) is 2.15. The summed E-state index contributed by atoms with van der Waals surface area (Å²) < 4.78 is 7.09. The third kappa shape index (κ3) is 3.25. The van der Waals surface area contributed by atoms with Crippen molar-refractivity contribution in [3.05, 3.63) is 30.4 Å². The maximum atomic E-state index is 5.43. The summed E-state index contributed by atoms with van der Waals surface area (Å²) in [5, 5.41) is 7.20. The summed E-state index contributed by atoms with van der Waals surface area (Å²) in [7, 11) is 1.83. The van der Waals surface area contributed by atoms with Crippen LogP contribution in [-0.4, -0.2) is 26.3 Å². The van der Waals surface area contributed by atoms with Gasteiger partial charge in [0.1, 0.15) is 0 Å². The molecule has 0 aliphatic rings. The van der Waals surface area contributed by atoms with Crippen molar-refractivity contribution in [3.63, 3.8) is 0 Å². The average Bonchev–Trinajstić information content (AvgIpc) is 2.74. The van der Waals surface area contributed by atoms with Gasteiger partial charge < -0.3 is 10.1 Å². The Morgan fingerprint density at radius 2 is 2.06 bits per heavy atom. The summed E-state index contributed by atoms with van der Waals surface area (Å²) in [4.78, 5) is 8.25. The highest BCUT2D eigenvalue weighted by molar-refractivity contribution is 5.17. The first kappa shape index (κ1) is 11.5. The van der Waals surface area contributed by atoms with Crippen molar-refractivity contribution in [2.24, 2.45) is 7.05 Å². The standard InChI is InChI=1S/C11H15N5O/c1-3-12-4-9-5-13-11(14-6-9)17-10-7-15-16(2)8-10/h5-8,12H,3-4H2,1-2H3. The molecule has 2 aromatic heterocycles. The quantitative estimate of drug-likeness (QED) is 0.838. The molecule has 0 atom stereocenters. The van der Waals surface area contributed by atoms with Gasteiger partial charge in [0.25, 0.3) is 0 Å². The number of nitrogens with one attached hydrogen (secondary N) is 1. The number of nitrogens with zero attached hydrogens (tertiary/aromatic N) is 4. The molecule has 0 amide bonds. The fourth-order valence-electron chi connectivity index (χ4n) is 1.31. The normalized spacial score (nSPS) is 10.5. The second kappa shape index (κ2) is 5.40. The predicted octanol–water partition coefficient (Wildman–Crippen LogP) is 1.11. The Morgan fingerprint density at radius 1 is 1.29 bits per heavy atom. The lowest BCUT2D eigenvalue weighted by molar-refractivity contribution is 0.440. The SMILES string of the molecule is CCNCc1cnc(Oc2cnn(C)c2)nc1. The lowest BCUT2D eigenvalue weighted by Gasteiger charge is -2.03. The lowest BCUT2D eigenvalue weighted by Crippen LogP contribution is -2.12. The van der Waals surface area contributed by atoms with E-state index in [4.69, 9.17) is 4.74 Å². The third-order valence-electron chi connectivity index (χ3n) is 2.15. The van der Waals surface area contributed by atoms with Gasteiger partial charge >= 0.3 is 6.01 Å². The van der Waals surface area contributed by atoms with Gasteiger partial charge in [-0.25, -0.2) is 9.97 Å². The first-order valence-corrected chi connectivity index (χ1v) is 5.46. The number of rotatable bonds is 5. The Bertz CT molecular complexity index is 465. The number of hydrogen-bond acceptors (Lipinski definition) is 5. The number of ether oxygens (including phenoxy) is 1. The van der Waals surface area contributed by atoms with Crippen LogP contribution < -0.4 is 10.1 Å². The van der Waals surface area contributed by atoms with Gasteiger partial charge in [0.15, 0.2) is 5.75 Å². The maximum Gasteiger partial charge on any atom is 0.321 e. The van der Waals surface area contributed by atoms with E-state index < -0.39 is 0 Å². The van der Waals surface area contributed by atoms with Crippen molar-refractivity contribution < 1.29 is 4.74 Å². The van der Waals surface area contributed by atoms with E-state index in [9.17, 15) is 0 Å². The summed E-state index contributed by atoms with van der Waals surface area (Å²) in [6.07, 6.45) is 6.88. The zero-order valence-electron chi connectivity index (χ0n) is 9.92. The summed E-state index contributed by atoms with van der Waals surface area (Å²) >= 11 is 0. The molecule has 6 heteroatoms. The molecular weight excluding hydrogens is 218 g/mol. The van der Waals surface area contributed by atoms with Crippen LogP contribution in [0.4, 0.5) is 0 Å². The van der Waals surface area contributed by atoms with E-state index in [1.165, 1.54) is 0 Å². The molecule has 17 heavy (non-hydrogen) atoms. The van der Waals surface area contributed by atoms with Crippen molar-refractivity contribution >= 4 is 0 Å². The second-order valence-corrected chi connectivity index (χ2v) is 3.61. The van der Waals surface area contributed by atoms with Crippen LogP contribution in [-0.2, 0) is 13.6 Å². The van der Waals surface area contributed by atoms with E-state index in [0.29, 0.717) is 11.8 Å². The molecule has 0 saturated carbocycles. The molecule has 2 rings (SSSR count). The summed E-state index contributed by atoms with van der Waals surface area (Å²) in [6.45, 7) is 3.75. The highest BCUT2D eigenvalue weighted by atomic mass is 16.5. The zero-order valence-corrected chi connectivity index (χ0v) is 9.92. The highest BCUT2D eigenvalue weighted by Gasteiger charge is 2.02. The monoisotopic (exact) mass is 233 g/mol. The fraction of sp³-hybridized carbons (Fsp3) is 0.364. The van der Waals surface area contributed by atoms with E-state index in [1.54, 1.807) is 29.5 Å². The van der Waals surface area contributed by atoms with E-state index in [1.807, 2.05) is 7.05 Å². The van der Waals surface area contributed by atoms with E-state index in [2.05, 4.69) is 27.3 Å². The maximum absolute atomic E-state index is 5.43. The molecule has 0 spiro atoms. The van der Waals surface area contributed by atoms with Crippen molar-refractivity contribution in [3.8, 4) is 11.8 Å². The molecule has 0 aliphatic heterocycles. The van der Waals surface area contributed by atoms with Gasteiger partial charge in [-0.15, -0.1) is 0 Å². The summed E-state index contributed by atoms with van der Waals surface area (Å²) in [5.41, 5.74) is 1.03. The summed E-state index contributed by atoms with van der Waals surface area (Å²) in [5.74, 6) is 0.631. The van der Waals surface area contributed by atoms with Crippen LogP contribution in [0.2, 0.25) is 0 Å². The highest BCUT2D eigenvalue weighted by Crippen LogP contribution is 2.15. The van der Waals surface area contributed by atoms with Gasteiger partial charge in [0.2, 0.25) is 0 Å². The Labute approximate surface area is 99.7 Å². The van der Waals surface area contributed by atoms with Crippen LogP contribution in [0.25, 0.3) is 0 Å². The molecule has 0 bridgehead atoms. The van der Waals surface area contributed by atoms with Crippen molar-refractivity contribution in [2.45, 2.75) is 13.5 Å². The van der Waals surface area contributed by atoms with Gasteiger partial charge in [-0.05, 0) is 6.54 Å². The van der Waals surface area contributed by atoms with E-state index in [-0.39, 0.29) is 0 Å². The topological polar surface area (TPSA) is 64.9 Å². The largest absolute Gasteiger partial charge is 0.421 e. The predicted molar refractivity (Wildman–Crippen MR) is 62.7 cm³/mol. The van der Waals surface area contributed by atoms with Crippen LogP contribution in [0, 0.1) is 0 Å². The molecule has 1 N–H and O–H groups in total. The first-order valence-electron chi connectivity index (χ1n) is 5.46. The molecular formula is C11H15N5O. The van der Waals surface area contributed by atoms with E-state index >= 15 is 0 Å². The molecule has 0 fully saturated rings. The second-order valence-electron chi connectivity index (χ2n) is 3.61. The van der Waals surface area contributed by atoms with Gasteiger partial charge in [0, 0.05) is 31.5 Å². The lowest BCUT2D eigenvalue weighted by atomic mass is 10.3. The smallest absolute Gasteiger partial charge is 0.321 e. The summed E-state index contributed by atoms with van der Waals surface area (Å²) in [6, 6.07) is 0.332. The van der Waals surface area contributed by atoms with Gasteiger partial charge in [0.05, 0.1) is 12.4 Å². The zero-order chi connectivity index (χ0) is 12.1. The number of aromatic nitrogens is 4. The Morgan fingerprint density at radius 3 is 2.65 bits per heavy atom. The van der Waals surface area contributed by atoms with Crippen LogP contribution >= 0.6 is 0 Å². The Kier molecular flexibility index (Phi) is 3.66. The minimum atomic E-state index is 0.332. The van der Waals surface area contributed by atoms with E-state index in [0.717, 1.165) is 18.7 Å². The first-order chi connectivity index (χ1) is 8.28. The molecule has 0 unspecified atom stereocenters. The average molecular weight is 233 g/mol. The number of aryl methyl sites for hydroxylation is 1. The van der Waals surface area contributed by atoms with Crippen molar-refractivity contribution in [1.29, 1.82) is 0 Å². The molecule has 0 saturated heterocycles. The van der Waals surface area contributed by atoms with Crippen molar-refractivity contribution in [2.75, 3.05) is 6.54 Å². The van der Waals surface area contributed by atoms with Crippen LogP contribution in [0.3, 0.4) is 0 Å². The minimum Gasteiger partial charge on any atom is -0.421 e. The van der Waals surface area contributed by atoms with Crippen LogP contribution in [0.1, 0.15) is 12.5 Å². The van der Waals surface area contributed by atoms with Crippen molar-refractivity contribution in [1.82, 2.24) is 25.1 Å². The molecule has 0 aromatic carbocycles. The fourth-order valence-corrected chi connectivity index (χ4v) is 1.31. The van der Waals surface area contributed by atoms with Gasteiger partial charge in [-0.3, -0.25) is 4.68 Å². The Hall–Kier alpha value is -1.95. The molecule has 0 aliphatic carbocycles. The molecule has 6 nitrogen and oxygen atoms in total. The number of hydrogen-bond donors (Lipinski definition) is 1. The Balaban J connectivity index is 1.98.